The monoisotopic (exact) mass is 263 g/mol. The number of aromatic nitrogens is 2. The molecule has 5 heteroatoms. The van der Waals surface area contributed by atoms with E-state index in [0.717, 1.165) is 5.69 Å². The Hall–Kier alpha value is -1.88. The zero-order chi connectivity index (χ0) is 14.2. The minimum atomic E-state index is -0.449. The number of nitrogens with two attached hydrogens (primary N) is 1. The lowest BCUT2D eigenvalue weighted by Crippen LogP contribution is -2.21. The van der Waals surface area contributed by atoms with Crippen molar-refractivity contribution in [1.29, 1.82) is 0 Å². The molecule has 4 nitrogen and oxygen atoms in total. The third-order valence-electron chi connectivity index (χ3n) is 3.03. The molecule has 0 saturated heterocycles. The average molecular weight is 263 g/mol. The number of aromatic amines is 1. The van der Waals surface area contributed by atoms with Crippen LogP contribution in [0.3, 0.4) is 0 Å². The number of hydrogen-bond donors (Lipinski definition) is 2. The molecule has 0 radical (unpaired) electrons. The van der Waals surface area contributed by atoms with E-state index in [1.807, 2.05) is 20.8 Å². The molecule has 0 aliphatic heterocycles. The molecule has 0 saturated carbocycles. The van der Waals surface area contributed by atoms with Crippen molar-refractivity contribution in [1.82, 2.24) is 9.78 Å². The maximum Gasteiger partial charge on any atom is 0.276 e. The number of nitrogens with zero attached hydrogens (tertiary/aromatic N) is 1. The molecule has 0 aliphatic rings. The summed E-state index contributed by atoms with van der Waals surface area (Å²) in [5.41, 5.74) is 6.54. The van der Waals surface area contributed by atoms with Crippen LogP contribution in [-0.4, -0.2) is 9.78 Å². The van der Waals surface area contributed by atoms with E-state index >= 15 is 0 Å². The second kappa shape index (κ2) is 4.66. The molecule has 2 aromatic rings. The normalized spacial score (nSPS) is 11.8. The van der Waals surface area contributed by atoms with Gasteiger partial charge < -0.3 is 5.73 Å². The summed E-state index contributed by atoms with van der Waals surface area (Å²) in [6.07, 6.45) is 0. The summed E-state index contributed by atoms with van der Waals surface area (Å²) in [6.45, 7) is 6.05. The Kier molecular flexibility index (Phi) is 3.32. The lowest BCUT2D eigenvalue weighted by molar-refractivity contribution is 0.550. The smallest absolute Gasteiger partial charge is 0.276 e. The molecular weight excluding hydrogens is 245 g/mol. The van der Waals surface area contributed by atoms with E-state index in [-0.39, 0.29) is 23.2 Å². The van der Waals surface area contributed by atoms with Gasteiger partial charge in [-0.2, -0.15) is 0 Å². The molecule has 19 heavy (non-hydrogen) atoms. The number of H-pyrrole nitrogens is 1. The van der Waals surface area contributed by atoms with Crippen LogP contribution in [0, 0.1) is 5.82 Å². The van der Waals surface area contributed by atoms with Crippen molar-refractivity contribution in [2.24, 2.45) is 5.73 Å². The first-order valence-corrected chi connectivity index (χ1v) is 6.15. The Morgan fingerprint density at radius 1 is 1.32 bits per heavy atom. The van der Waals surface area contributed by atoms with Crippen molar-refractivity contribution in [3.63, 3.8) is 0 Å². The van der Waals surface area contributed by atoms with Gasteiger partial charge in [0, 0.05) is 17.7 Å². The fraction of sp³-hybridized carbons (Fsp3) is 0.357. The molecule has 1 aromatic carbocycles. The Labute approximate surface area is 111 Å². The summed E-state index contributed by atoms with van der Waals surface area (Å²) in [7, 11) is 0. The van der Waals surface area contributed by atoms with Gasteiger partial charge in [0.2, 0.25) is 0 Å². The number of para-hydroxylation sites is 1. The van der Waals surface area contributed by atoms with Gasteiger partial charge in [-0.1, -0.05) is 32.9 Å². The van der Waals surface area contributed by atoms with Crippen LogP contribution < -0.4 is 11.3 Å². The van der Waals surface area contributed by atoms with E-state index < -0.39 is 5.82 Å². The summed E-state index contributed by atoms with van der Waals surface area (Å²) in [4.78, 5) is 12.3. The van der Waals surface area contributed by atoms with Crippen LogP contribution in [0.5, 0.6) is 0 Å². The summed E-state index contributed by atoms with van der Waals surface area (Å²) in [5.74, 6) is -0.449. The fourth-order valence-electron chi connectivity index (χ4n) is 2.08. The predicted octanol–water partition coefficient (Wildman–Crippen LogP) is 2.06. The van der Waals surface area contributed by atoms with E-state index in [1.54, 1.807) is 18.2 Å². The van der Waals surface area contributed by atoms with Gasteiger partial charge >= 0.3 is 0 Å². The maximum atomic E-state index is 13.8. The minimum absolute atomic E-state index is 0.128. The number of halogens is 1. The van der Waals surface area contributed by atoms with Gasteiger partial charge in [0.05, 0.1) is 5.56 Å². The number of hydrogen-bond acceptors (Lipinski definition) is 2. The third-order valence-corrected chi connectivity index (χ3v) is 3.03. The summed E-state index contributed by atoms with van der Waals surface area (Å²) >= 11 is 0. The lowest BCUT2D eigenvalue weighted by atomic mass is 9.89. The van der Waals surface area contributed by atoms with Gasteiger partial charge in [-0.15, -0.1) is 0 Å². The quantitative estimate of drug-likeness (QED) is 0.871. The van der Waals surface area contributed by atoms with E-state index in [2.05, 4.69) is 5.10 Å². The molecule has 0 spiro atoms. The van der Waals surface area contributed by atoms with Crippen LogP contribution in [-0.2, 0) is 12.0 Å². The fourth-order valence-corrected chi connectivity index (χ4v) is 2.08. The molecule has 0 unspecified atom stereocenters. The van der Waals surface area contributed by atoms with Crippen LogP contribution in [0.25, 0.3) is 5.69 Å². The van der Waals surface area contributed by atoms with Crippen molar-refractivity contribution in [3.05, 3.63) is 51.7 Å². The van der Waals surface area contributed by atoms with Crippen molar-refractivity contribution in [3.8, 4) is 5.69 Å². The van der Waals surface area contributed by atoms with Crippen LogP contribution in [0.2, 0.25) is 0 Å². The molecule has 1 heterocycles. The Morgan fingerprint density at radius 3 is 2.42 bits per heavy atom. The molecule has 2 rings (SSSR count). The van der Waals surface area contributed by atoms with Crippen molar-refractivity contribution in [2.75, 3.05) is 0 Å². The molecule has 0 bridgehead atoms. The Morgan fingerprint density at radius 2 is 1.95 bits per heavy atom. The molecule has 0 atom stereocenters. The van der Waals surface area contributed by atoms with Crippen molar-refractivity contribution >= 4 is 0 Å². The first-order chi connectivity index (χ1) is 8.86. The Balaban J connectivity index is 2.71. The van der Waals surface area contributed by atoms with Crippen molar-refractivity contribution < 1.29 is 4.39 Å². The SMILES string of the molecule is CC(C)(C)c1[nH]n(-c2ccccc2F)c(=O)c1CN. The lowest BCUT2D eigenvalue weighted by Gasteiger charge is -2.17. The highest BCUT2D eigenvalue weighted by Crippen LogP contribution is 2.23. The molecule has 102 valence electrons. The zero-order valence-corrected chi connectivity index (χ0v) is 11.3. The number of rotatable bonds is 2. The Bertz CT molecular complexity index is 649. The largest absolute Gasteiger partial charge is 0.326 e. The second-order valence-electron chi connectivity index (χ2n) is 5.51. The average Bonchev–Trinajstić information content (AvgIpc) is 2.67. The van der Waals surface area contributed by atoms with Gasteiger partial charge in [-0.05, 0) is 12.1 Å². The number of nitrogens with one attached hydrogen (secondary N) is 1. The van der Waals surface area contributed by atoms with Crippen LogP contribution >= 0.6 is 0 Å². The van der Waals surface area contributed by atoms with Gasteiger partial charge in [0.25, 0.3) is 5.56 Å². The van der Waals surface area contributed by atoms with Crippen LogP contribution in [0.1, 0.15) is 32.0 Å². The highest BCUT2D eigenvalue weighted by atomic mass is 19.1. The van der Waals surface area contributed by atoms with E-state index in [4.69, 9.17) is 5.73 Å². The summed E-state index contributed by atoms with van der Waals surface area (Å²) in [5, 5.41) is 2.98. The van der Waals surface area contributed by atoms with Crippen molar-refractivity contribution in [2.45, 2.75) is 32.7 Å². The predicted molar refractivity (Wildman–Crippen MR) is 72.9 cm³/mol. The molecular formula is C14H18FN3O. The van der Waals surface area contributed by atoms with Crippen LogP contribution in [0.4, 0.5) is 4.39 Å². The second-order valence-corrected chi connectivity index (χ2v) is 5.51. The molecule has 0 aliphatic carbocycles. The molecule has 0 fully saturated rings. The highest BCUT2D eigenvalue weighted by Gasteiger charge is 2.24. The van der Waals surface area contributed by atoms with Gasteiger partial charge in [-0.3, -0.25) is 9.89 Å². The molecule has 3 N–H and O–H groups in total. The molecule has 0 amide bonds. The van der Waals surface area contributed by atoms with Gasteiger partial charge in [0.15, 0.2) is 0 Å². The van der Waals surface area contributed by atoms with Gasteiger partial charge in [-0.25, -0.2) is 9.07 Å². The summed E-state index contributed by atoms with van der Waals surface area (Å²) < 4.78 is 15.0. The third kappa shape index (κ3) is 2.33. The first-order valence-electron chi connectivity index (χ1n) is 6.15. The van der Waals surface area contributed by atoms with E-state index in [0.29, 0.717) is 5.56 Å². The maximum absolute atomic E-state index is 13.8. The zero-order valence-electron chi connectivity index (χ0n) is 11.3. The number of benzene rings is 1. The highest BCUT2D eigenvalue weighted by molar-refractivity contribution is 5.35. The summed E-state index contributed by atoms with van der Waals surface area (Å²) in [6, 6.07) is 6.15. The molecule has 1 aromatic heterocycles. The standard InChI is InChI=1S/C14H18FN3O/c1-14(2,3)12-9(8-16)13(19)18(17-12)11-7-5-4-6-10(11)15/h4-7,17H,8,16H2,1-3H3. The van der Waals surface area contributed by atoms with Gasteiger partial charge in [0.1, 0.15) is 11.5 Å². The van der Waals surface area contributed by atoms with Crippen LogP contribution in [0.15, 0.2) is 29.1 Å². The van der Waals surface area contributed by atoms with E-state index in [9.17, 15) is 9.18 Å². The van der Waals surface area contributed by atoms with E-state index in [1.165, 1.54) is 10.7 Å². The minimum Gasteiger partial charge on any atom is -0.326 e. The first kappa shape index (κ1) is 13.5. The topological polar surface area (TPSA) is 63.8 Å².